The molecule has 3 N–H and O–H groups in total. The van der Waals surface area contributed by atoms with E-state index in [1.807, 2.05) is 30.3 Å². The fourth-order valence-corrected chi connectivity index (χ4v) is 4.89. The number of aromatic nitrogens is 4. The third-order valence-corrected chi connectivity index (χ3v) is 7.10. The minimum Gasteiger partial charge on any atom is -0.452 e. The van der Waals surface area contributed by atoms with Crippen molar-refractivity contribution < 1.29 is 22.7 Å². The van der Waals surface area contributed by atoms with Gasteiger partial charge in [0, 0.05) is 22.6 Å². The first kappa shape index (κ1) is 26.5. The van der Waals surface area contributed by atoms with Crippen LogP contribution < -0.4 is 10.0 Å². The monoisotopic (exact) mass is 556 g/mol. The summed E-state index contributed by atoms with van der Waals surface area (Å²) in [5.41, 5.74) is 4.11. The second-order valence-corrected chi connectivity index (χ2v) is 10.6. The summed E-state index contributed by atoms with van der Waals surface area (Å²) in [6, 6.07) is 21.7. The van der Waals surface area contributed by atoms with Gasteiger partial charge in [0.2, 0.25) is 5.95 Å². The number of esters is 1. The first-order valence-electron chi connectivity index (χ1n) is 12.1. The van der Waals surface area contributed by atoms with Crippen molar-refractivity contribution in [2.45, 2.75) is 18.7 Å². The van der Waals surface area contributed by atoms with E-state index in [1.165, 1.54) is 24.3 Å². The molecule has 0 aliphatic carbocycles. The molecular weight excluding hydrogens is 532 g/mol. The van der Waals surface area contributed by atoms with Crippen molar-refractivity contribution in [3.8, 4) is 11.4 Å². The van der Waals surface area contributed by atoms with E-state index in [0.717, 1.165) is 5.56 Å². The number of aryl methyl sites for hydroxylation is 2. The minimum atomic E-state index is -3.94. The summed E-state index contributed by atoms with van der Waals surface area (Å²) in [7, 11) is -3.94. The number of nitrogens with zero attached hydrogens (tertiary/aromatic N) is 3. The highest BCUT2D eigenvalue weighted by Crippen LogP contribution is 2.22. The number of benzene rings is 3. The first-order chi connectivity index (χ1) is 19.2. The summed E-state index contributed by atoms with van der Waals surface area (Å²) in [5.74, 6) is -0.609. The number of hydrogen-bond donors (Lipinski definition) is 3. The molecule has 0 unspecified atom stereocenters. The fourth-order valence-electron chi connectivity index (χ4n) is 3.95. The van der Waals surface area contributed by atoms with Gasteiger partial charge in [-0.15, -0.1) is 0 Å². The zero-order chi connectivity index (χ0) is 28.3. The van der Waals surface area contributed by atoms with Crippen LogP contribution >= 0.6 is 0 Å². The highest BCUT2D eigenvalue weighted by atomic mass is 32.2. The van der Waals surface area contributed by atoms with Crippen molar-refractivity contribution in [2.75, 3.05) is 16.6 Å². The number of H-pyrrole nitrogens is 1. The van der Waals surface area contributed by atoms with Crippen LogP contribution in [-0.4, -0.2) is 46.8 Å². The van der Waals surface area contributed by atoms with E-state index in [2.05, 4.69) is 30.0 Å². The number of fused-ring (bicyclic) bond motifs is 1. The zero-order valence-corrected chi connectivity index (χ0v) is 22.3. The maximum atomic E-state index is 12.7. The predicted octanol–water partition coefficient (Wildman–Crippen LogP) is 4.23. The molecule has 0 saturated heterocycles. The molecule has 0 aliphatic heterocycles. The molecule has 5 rings (SSSR count). The maximum absolute atomic E-state index is 12.7. The average molecular weight is 557 g/mol. The van der Waals surface area contributed by atoms with E-state index < -0.39 is 28.5 Å². The molecule has 3 aromatic carbocycles. The molecule has 0 atom stereocenters. The second kappa shape index (κ2) is 10.9. The lowest BCUT2D eigenvalue weighted by Gasteiger charge is -2.10. The number of amides is 1. The van der Waals surface area contributed by atoms with E-state index in [-0.39, 0.29) is 16.4 Å². The lowest BCUT2D eigenvalue weighted by Crippen LogP contribution is -2.21. The maximum Gasteiger partial charge on any atom is 0.338 e. The summed E-state index contributed by atoms with van der Waals surface area (Å²) >= 11 is 0. The Morgan fingerprint density at radius 2 is 1.57 bits per heavy atom. The molecule has 0 radical (unpaired) electrons. The number of carbonyl (C=O) groups excluding carboxylic acids is 2. The van der Waals surface area contributed by atoms with Gasteiger partial charge in [-0.2, -0.15) is 0 Å². The van der Waals surface area contributed by atoms with Crippen LogP contribution in [0, 0.1) is 13.8 Å². The van der Waals surface area contributed by atoms with Crippen LogP contribution in [0.4, 0.5) is 11.6 Å². The van der Waals surface area contributed by atoms with Gasteiger partial charge in [0.15, 0.2) is 6.61 Å². The highest BCUT2D eigenvalue weighted by Gasteiger charge is 2.17. The van der Waals surface area contributed by atoms with Crippen LogP contribution in [-0.2, 0) is 19.6 Å². The number of anilines is 2. The number of imidazole rings is 1. The Hall–Kier alpha value is -5.10. The minimum absolute atomic E-state index is 0.0278. The Balaban J connectivity index is 1.17. The lowest BCUT2D eigenvalue weighted by atomic mass is 10.2. The molecule has 0 spiro atoms. The summed E-state index contributed by atoms with van der Waals surface area (Å²) in [4.78, 5) is 40.8. The second-order valence-electron chi connectivity index (χ2n) is 8.91. The van der Waals surface area contributed by atoms with Crippen molar-refractivity contribution in [3.05, 3.63) is 95.8 Å². The van der Waals surface area contributed by atoms with Gasteiger partial charge >= 0.3 is 5.97 Å². The van der Waals surface area contributed by atoms with Crippen molar-refractivity contribution in [1.82, 2.24) is 19.9 Å². The molecule has 11 nitrogen and oxygen atoms in total. The van der Waals surface area contributed by atoms with Crippen LogP contribution in [0.25, 0.3) is 22.4 Å². The Kier molecular flexibility index (Phi) is 7.25. The summed E-state index contributed by atoms with van der Waals surface area (Å²) in [6.07, 6.45) is 0. The molecule has 2 heterocycles. The molecule has 5 aromatic rings. The van der Waals surface area contributed by atoms with Gasteiger partial charge in [0.25, 0.3) is 15.9 Å². The Morgan fingerprint density at radius 3 is 2.27 bits per heavy atom. The van der Waals surface area contributed by atoms with E-state index in [4.69, 9.17) is 4.74 Å². The van der Waals surface area contributed by atoms with Crippen LogP contribution in [0.15, 0.2) is 83.8 Å². The number of rotatable bonds is 8. The van der Waals surface area contributed by atoms with Gasteiger partial charge in [-0.3, -0.25) is 4.79 Å². The van der Waals surface area contributed by atoms with Crippen molar-refractivity contribution in [3.63, 3.8) is 0 Å². The van der Waals surface area contributed by atoms with Gasteiger partial charge in [-0.25, -0.2) is 32.9 Å². The highest BCUT2D eigenvalue weighted by molar-refractivity contribution is 7.92. The fraction of sp³-hybridized carbons (Fsp3) is 0.107. The first-order valence-corrected chi connectivity index (χ1v) is 13.6. The SMILES string of the molecule is Cc1cc(C)nc(NS(=O)(=O)c2ccc(NC(=O)COC(=O)c3ccc4nc(-c5ccccc5)[nH]c4c3)cc2)n1. The third-order valence-electron chi connectivity index (χ3n) is 5.76. The number of hydrogen-bond acceptors (Lipinski definition) is 8. The van der Waals surface area contributed by atoms with Crippen molar-refractivity contribution in [2.24, 2.45) is 0 Å². The molecule has 1 amide bonds. The van der Waals surface area contributed by atoms with E-state index in [9.17, 15) is 18.0 Å². The van der Waals surface area contributed by atoms with E-state index in [0.29, 0.717) is 33.9 Å². The van der Waals surface area contributed by atoms with Gasteiger partial charge in [-0.05, 0) is 62.4 Å². The Bertz CT molecular complexity index is 1800. The molecular formula is C28H24N6O5S. The smallest absolute Gasteiger partial charge is 0.338 e. The van der Waals surface area contributed by atoms with Crippen LogP contribution in [0.3, 0.4) is 0 Å². The number of ether oxygens (including phenoxy) is 1. The van der Waals surface area contributed by atoms with E-state index in [1.54, 1.807) is 38.1 Å². The number of carbonyl (C=O) groups is 2. The third kappa shape index (κ3) is 6.13. The number of nitrogens with one attached hydrogen (secondary N) is 3. The molecule has 0 saturated carbocycles. The summed E-state index contributed by atoms with van der Waals surface area (Å²) < 4.78 is 32.9. The van der Waals surface area contributed by atoms with Crippen LogP contribution in [0.1, 0.15) is 21.7 Å². The van der Waals surface area contributed by atoms with Gasteiger partial charge in [0.1, 0.15) is 5.82 Å². The summed E-state index contributed by atoms with van der Waals surface area (Å²) in [5, 5.41) is 2.57. The largest absolute Gasteiger partial charge is 0.452 e. The van der Waals surface area contributed by atoms with Crippen molar-refractivity contribution >= 4 is 44.6 Å². The number of aromatic amines is 1. The lowest BCUT2D eigenvalue weighted by molar-refractivity contribution is -0.119. The summed E-state index contributed by atoms with van der Waals surface area (Å²) in [6.45, 7) is 2.95. The Labute approximate surface area is 229 Å². The molecule has 2 aromatic heterocycles. The molecule has 40 heavy (non-hydrogen) atoms. The van der Waals surface area contributed by atoms with Gasteiger partial charge < -0.3 is 15.0 Å². The Morgan fingerprint density at radius 1 is 0.875 bits per heavy atom. The van der Waals surface area contributed by atoms with Crippen molar-refractivity contribution in [1.29, 1.82) is 0 Å². The van der Waals surface area contributed by atoms with Gasteiger partial charge in [0.05, 0.1) is 21.5 Å². The topological polar surface area (TPSA) is 156 Å². The van der Waals surface area contributed by atoms with Crippen LogP contribution in [0.2, 0.25) is 0 Å². The zero-order valence-electron chi connectivity index (χ0n) is 21.5. The molecule has 202 valence electrons. The number of sulfonamides is 1. The molecule has 0 fully saturated rings. The normalized spacial score (nSPS) is 11.2. The molecule has 0 aliphatic rings. The molecule has 12 heteroatoms. The molecule has 0 bridgehead atoms. The van der Waals surface area contributed by atoms with Crippen LogP contribution in [0.5, 0.6) is 0 Å². The standard InChI is InChI=1S/C28H24N6O5S/c1-17-14-18(2)30-28(29-17)34-40(37,38)22-11-9-21(10-12-22)31-25(35)16-39-27(36)20-8-13-23-24(15-20)33-26(32-23)19-6-4-3-5-7-19/h3-15H,16H2,1-2H3,(H,31,35)(H,32,33)(H,29,30,34). The quantitative estimate of drug-likeness (QED) is 0.240. The predicted molar refractivity (Wildman–Crippen MR) is 149 cm³/mol. The van der Waals surface area contributed by atoms with E-state index >= 15 is 0 Å². The van der Waals surface area contributed by atoms with Gasteiger partial charge in [-0.1, -0.05) is 30.3 Å². The average Bonchev–Trinajstić information content (AvgIpc) is 3.35.